The van der Waals surface area contributed by atoms with Crippen LogP contribution < -0.4 is 10.1 Å². The lowest BCUT2D eigenvalue weighted by molar-refractivity contribution is -0.120. The van der Waals surface area contributed by atoms with E-state index in [1.54, 1.807) is 25.1 Å². The average Bonchev–Trinajstić information content (AvgIpc) is 2.83. The van der Waals surface area contributed by atoms with Gasteiger partial charge in [-0.15, -0.1) is 11.8 Å². The van der Waals surface area contributed by atoms with E-state index in [4.69, 9.17) is 4.74 Å². The molecule has 0 saturated carbocycles. The third kappa shape index (κ3) is 4.57. The summed E-state index contributed by atoms with van der Waals surface area (Å²) in [6.45, 7) is 1.99. The molecule has 1 unspecified atom stereocenters. The highest BCUT2D eigenvalue weighted by molar-refractivity contribution is 7.99. The number of para-hydroxylation sites is 1. The first-order valence-corrected chi connectivity index (χ1v) is 11.1. The van der Waals surface area contributed by atoms with Gasteiger partial charge in [-0.05, 0) is 48.9 Å². The summed E-state index contributed by atoms with van der Waals surface area (Å²) in [4.78, 5) is 19.2. The maximum Gasteiger partial charge on any atom is 0.235 e. The number of carbonyl (C=O) groups is 1. The van der Waals surface area contributed by atoms with E-state index >= 15 is 0 Å². The summed E-state index contributed by atoms with van der Waals surface area (Å²) in [6.07, 6.45) is 1.74. The third-order valence-corrected chi connectivity index (χ3v) is 6.71. The summed E-state index contributed by atoms with van der Waals surface area (Å²) < 4.78 is 5.24. The molecule has 0 spiro atoms. The zero-order chi connectivity index (χ0) is 21.7. The second kappa shape index (κ2) is 9.23. The Morgan fingerprint density at radius 2 is 1.71 bits per heavy atom. The van der Waals surface area contributed by atoms with Crippen LogP contribution in [0.5, 0.6) is 5.75 Å². The predicted molar refractivity (Wildman–Crippen MR) is 128 cm³/mol. The summed E-state index contributed by atoms with van der Waals surface area (Å²) in [5.74, 6) is 1.35. The number of fused-ring (bicyclic) bond motifs is 1. The zero-order valence-corrected chi connectivity index (χ0v) is 18.4. The number of benzene rings is 3. The Hall–Kier alpha value is -3.31. The number of thioether (sulfide) groups is 1. The summed E-state index contributed by atoms with van der Waals surface area (Å²) in [6, 6.07) is 27.5. The van der Waals surface area contributed by atoms with Gasteiger partial charge >= 0.3 is 0 Å². The van der Waals surface area contributed by atoms with E-state index in [9.17, 15) is 4.79 Å². The minimum absolute atomic E-state index is 0.0575. The van der Waals surface area contributed by atoms with Crippen molar-refractivity contribution >= 4 is 34.3 Å². The molecule has 0 aliphatic rings. The molecule has 4 rings (SSSR count). The summed E-state index contributed by atoms with van der Waals surface area (Å²) in [5.41, 5.74) is 1.75. The molecule has 0 bridgehead atoms. The van der Waals surface area contributed by atoms with E-state index in [-0.39, 0.29) is 5.91 Å². The molecular weight excluding hydrogens is 404 g/mol. The molecule has 156 valence electrons. The van der Waals surface area contributed by atoms with Crippen molar-refractivity contribution in [2.75, 3.05) is 18.2 Å². The van der Waals surface area contributed by atoms with Crippen molar-refractivity contribution in [1.29, 1.82) is 0 Å². The van der Waals surface area contributed by atoms with Gasteiger partial charge in [0.2, 0.25) is 5.91 Å². The Morgan fingerprint density at radius 3 is 2.45 bits per heavy atom. The van der Waals surface area contributed by atoms with Gasteiger partial charge in [0.15, 0.2) is 0 Å². The number of methoxy groups -OCH3 is 1. The van der Waals surface area contributed by atoms with E-state index in [0.29, 0.717) is 5.75 Å². The van der Waals surface area contributed by atoms with Crippen LogP contribution in [0.1, 0.15) is 12.5 Å². The van der Waals surface area contributed by atoms with Crippen LogP contribution in [0.2, 0.25) is 0 Å². The van der Waals surface area contributed by atoms with Crippen molar-refractivity contribution in [3.63, 3.8) is 0 Å². The van der Waals surface area contributed by atoms with Crippen LogP contribution in [0.25, 0.3) is 10.9 Å². The molecule has 31 heavy (non-hydrogen) atoms. The molecule has 1 atom stereocenters. The fourth-order valence-corrected chi connectivity index (χ4v) is 4.53. The standard InChI is InChI=1S/C26H24N2O2S/c1-26(20-10-4-3-5-11-20,18-31-22-15-13-21(30-2)14-16-22)25(29)28-23-12-6-8-19-9-7-17-27-24(19)23/h3-17H,18H2,1-2H3,(H,28,29). The summed E-state index contributed by atoms with van der Waals surface area (Å²) in [5, 5.41) is 4.14. The largest absolute Gasteiger partial charge is 0.497 e. The van der Waals surface area contributed by atoms with Crippen molar-refractivity contribution in [3.8, 4) is 5.75 Å². The van der Waals surface area contributed by atoms with Crippen LogP contribution in [0, 0.1) is 0 Å². The Kier molecular flexibility index (Phi) is 6.23. The number of hydrogen-bond donors (Lipinski definition) is 1. The van der Waals surface area contributed by atoms with E-state index in [0.717, 1.165) is 32.8 Å². The number of rotatable bonds is 7. The van der Waals surface area contributed by atoms with Gasteiger partial charge in [-0.25, -0.2) is 0 Å². The molecule has 0 fully saturated rings. The molecule has 5 heteroatoms. The lowest BCUT2D eigenvalue weighted by Crippen LogP contribution is -2.40. The fraction of sp³-hybridized carbons (Fsp3) is 0.154. The Labute approximate surface area is 186 Å². The maximum absolute atomic E-state index is 13.6. The van der Waals surface area contributed by atoms with Crippen LogP contribution in [-0.4, -0.2) is 23.8 Å². The molecule has 1 aromatic heterocycles. The van der Waals surface area contributed by atoms with Crippen molar-refractivity contribution in [2.45, 2.75) is 17.2 Å². The quantitative estimate of drug-likeness (QED) is 0.371. The lowest BCUT2D eigenvalue weighted by atomic mass is 9.83. The Balaban J connectivity index is 1.62. The number of hydrogen-bond acceptors (Lipinski definition) is 4. The van der Waals surface area contributed by atoms with Gasteiger partial charge in [-0.2, -0.15) is 0 Å². The lowest BCUT2D eigenvalue weighted by Gasteiger charge is -2.29. The van der Waals surface area contributed by atoms with E-state index in [2.05, 4.69) is 10.3 Å². The highest BCUT2D eigenvalue weighted by Gasteiger charge is 2.35. The van der Waals surface area contributed by atoms with Crippen molar-refractivity contribution < 1.29 is 9.53 Å². The number of anilines is 1. The van der Waals surface area contributed by atoms with Crippen molar-refractivity contribution in [2.24, 2.45) is 0 Å². The molecule has 0 aliphatic heterocycles. The predicted octanol–water partition coefficient (Wildman–Crippen LogP) is 5.93. The number of aromatic nitrogens is 1. The van der Waals surface area contributed by atoms with Gasteiger partial charge in [-0.1, -0.05) is 48.5 Å². The van der Waals surface area contributed by atoms with Gasteiger partial charge in [0, 0.05) is 22.2 Å². The smallest absolute Gasteiger partial charge is 0.235 e. The number of nitrogens with zero attached hydrogens (tertiary/aromatic N) is 1. The highest BCUT2D eigenvalue weighted by Crippen LogP contribution is 2.34. The van der Waals surface area contributed by atoms with Crippen LogP contribution in [0.15, 0.2) is 96.0 Å². The number of nitrogens with one attached hydrogen (secondary N) is 1. The minimum atomic E-state index is -0.733. The molecular formula is C26H24N2O2S. The fourth-order valence-electron chi connectivity index (χ4n) is 3.45. The molecule has 4 aromatic rings. The zero-order valence-electron chi connectivity index (χ0n) is 17.5. The topological polar surface area (TPSA) is 51.2 Å². The van der Waals surface area contributed by atoms with Gasteiger partial charge in [0.1, 0.15) is 5.75 Å². The molecule has 4 nitrogen and oxygen atoms in total. The normalized spacial score (nSPS) is 12.8. The monoisotopic (exact) mass is 428 g/mol. The minimum Gasteiger partial charge on any atom is -0.497 e. The first-order valence-electron chi connectivity index (χ1n) is 10.1. The van der Waals surface area contributed by atoms with Gasteiger partial charge in [-0.3, -0.25) is 9.78 Å². The van der Waals surface area contributed by atoms with Crippen LogP contribution in [0.4, 0.5) is 5.69 Å². The number of carbonyl (C=O) groups excluding carboxylic acids is 1. The van der Waals surface area contributed by atoms with Gasteiger partial charge in [0.25, 0.3) is 0 Å². The molecule has 1 N–H and O–H groups in total. The number of amides is 1. The highest BCUT2D eigenvalue weighted by atomic mass is 32.2. The molecule has 1 heterocycles. The van der Waals surface area contributed by atoms with Crippen LogP contribution in [-0.2, 0) is 10.2 Å². The van der Waals surface area contributed by atoms with Gasteiger partial charge < -0.3 is 10.1 Å². The summed E-state index contributed by atoms with van der Waals surface area (Å²) in [7, 11) is 1.65. The van der Waals surface area contributed by atoms with E-state index < -0.39 is 5.41 Å². The maximum atomic E-state index is 13.6. The first-order chi connectivity index (χ1) is 15.1. The van der Waals surface area contributed by atoms with Crippen LogP contribution in [0.3, 0.4) is 0 Å². The van der Waals surface area contributed by atoms with Crippen molar-refractivity contribution in [1.82, 2.24) is 4.98 Å². The van der Waals surface area contributed by atoms with Crippen molar-refractivity contribution in [3.05, 3.63) is 96.7 Å². The van der Waals surface area contributed by atoms with E-state index in [1.165, 1.54) is 0 Å². The SMILES string of the molecule is COc1ccc(SCC(C)(C(=O)Nc2cccc3cccnc23)c2ccccc2)cc1. The number of ether oxygens (including phenoxy) is 1. The van der Waals surface area contributed by atoms with Gasteiger partial charge in [0.05, 0.1) is 23.7 Å². The first kappa shape index (κ1) is 20.9. The second-order valence-corrected chi connectivity index (χ2v) is 8.55. The van der Waals surface area contributed by atoms with E-state index in [1.807, 2.05) is 91.9 Å². The summed E-state index contributed by atoms with van der Waals surface area (Å²) >= 11 is 1.65. The molecule has 0 radical (unpaired) electrons. The molecule has 3 aromatic carbocycles. The third-order valence-electron chi connectivity index (χ3n) is 5.38. The molecule has 0 aliphatic carbocycles. The molecule has 0 saturated heterocycles. The Morgan fingerprint density at radius 1 is 0.968 bits per heavy atom. The molecule has 1 amide bonds. The second-order valence-electron chi connectivity index (χ2n) is 7.50. The van der Waals surface area contributed by atoms with Crippen LogP contribution >= 0.6 is 11.8 Å². The average molecular weight is 429 g/mol. The number of pyridine rings is 1. The Bertz CT molecular complexity index is 1170.